The van der Waals surface area contributed by atoms with Crippen molar-refractivity contribution >= 4 is 46.4 Å². The zero-order chi connectivity index (χ0) is 19.8. The molecule has 0 fully saturated rings. The Morgan fingerprint density at radius 1 is 0.815 bits per heavy atom. The van der Waals surface area contributed by atoms with Crippen LogP contribution in [0, 0.1) is 0 Å². The van der Waals surface area contributed by atoms with Gasteiger partial charge in [-0.15, -0.1) is 0 Å². The molecule has 0 saturated carbocycles. The number of carbonyl (C=O) groups excluding carboxylic acids is 2. The highest BCUT2D eigenvalue weighted by Gasteiger charge is 2.07. The van der Waals surface area contributed by atoms with Crippen molar-refractivity contribution in [1.82, 2.24) is 0 Å². The third-order valence-electron chi connectivity index (χ3n) is 3.79. The van der Waals surface area contributed by atoms with Crippen molar-refractivity contribution < 1.29 is 14.3 Å². The number of amides is 2. The number of nitrogens with one attached hydrogen (secondary N) is 2. The van der Waals surface area contributed by atoms with Gasteiger partial charge in [0.15, 0.2) is 0 Å². The fourth-order valence-electron chi connectivity index (χ4n) is 2.63. The Kier molecular flexibility index (Phi) is 8.10. The van der Waals surface area contributed by atoms with Gasteiger partial charge in [0, 0.05) is 35.3 Å². The molecule has 2 rings (SSSR count). The van der Waals surface area contributed by atoms with E-state index >= 15 is 0 Å². The molecule has 0 radical (unpaired) electrons. The molecule has 0 aliphatic heterocycles. The fraction of sp³-hybridized carbons (Fsp3) is 0.300. The number of carbonyl (C=O) groups is 2. The topological polar surface area (TPSA) is 67.4 Å². The second-order valence-electron chi connectivity index (χ2n) is 6.08. The Labute approximate surface area is 169 Å². The molecule has 5 nitrogen and oxygen atoms in total. The predicted molar refractivity (Wildman–Crippen MR) is 110 cm³/mol. The second kappa shape index (κ2) is 10.3. The molecule has 7 heteroatoms. The van der Waals surface area contributed by atoms with Crippen LogP contribution in [0.4, 0.5) is 11.4 Å². The lowest BCUT2D eigenvalue weighted by Crippen LogP contribution is -2.11. The first-order valence-corrected chi connectivity index (χ1v) is 9.30. The van der Waals surface area contributed by atoms with Crippen LogP contribution >= 0.6 is 23.2 Å². The maximum atomic E-state index is 11.3. The van der Waals surface area contributed by atoms with Crippen LogP contribution in [0.1, 0.15) is 25.0 Å². The van der Waals surface area contributed by atoms with E-state index in [-0.39, 0.29) is 11.8 Å². The number of anilines is 2. The zero-order valence-corrected chi connectivity index (χ0v) is 16.8. The summed E-state index contributed by atoms with van der Waals surface area (Å²) in [6, 6.07) is 10.7. The molecule has 2 aromatic carbocycles. The molecule has 2 N–H and O–H groups in total. The van der Waals surface area contributed by atoms with Gasteiger partial charge < -0.3 is 15.4 Å². The minimum atomic E-state index is -0.133. The number of hydrogen-bond donors (Lipinski definition) is 2. The lowest BCUT2D eigenvalue weighted by Gasteiger charge is -2.12. The van der Waals surface area contributed by atoms with Crippen LogP contribution in [0.2, 0.25) is 10.0 Å². The predicted octanol–water partition coefficient (Wildman–Crippen LogP) is 4.71. The molecule has 27 heavy (non-hydrogen) atoms. The number of ether oxygens (including phenoxy) is 1. The minimum Gasteiger partial charge on any atom is -0.381 e. The van der Waals surface area contributed by atoms with E-state index < -0.39 is 0 Å². The molecule has 0 aliphatic carbocycles. The van der Waals surface area contributed by atoms with E-state index in [0.717, 1.165) is 22.5 Å². The van der Waals surface area contributed by atoms with Crippen LogP contribution in [-0.2, 0) is 27.2 Å². The first-order valence-electron chi connectivity index (χ1n) is 8.55. The van der Waals surface area contributed by atoms with Crippen LogP contribution in [-0.4, -0.2) is 25.0 Å². The van der Waals surface area contributed by atoms with Crippen molar-refractivity contribution in [2.24, 2.45) is 0 Å². The largest absolute Gasteiger partial charge is 0.381 e. The monoisotopic (exact) mass is 408 g/mol. The summed E-state index contributed by atoms with van der Waals surface area (Å²) in [4.78, 5) is 22.6. The smallest absolute Gasteiger partial charge is 0.221 e. The van der Waals surface area contributed by atoms with E-state index in [1.165, 1.54) is 13.8 Å². The van der Waals surface area contributed by atoms with E-state index in [1.807, 2.05) is 12.1 Å². The standard InChI is InChI=1S/C20H22Cl2N2O3/c1-13(25)23-19-5-3-17(21)11-15(19)7-9-27-10-8-16-12-18(22)4-6-20(16)24-14(2)26/h3-6,11-12H,7-10H2,1-2H3,(H,23,25)(H,24,26). The maximum absolute atomic E-state index is 11.3. The molecule has 0 heterocycles. The van der Waals surface area contributed by atoms with Crippen LogP contribution in [0.5, 0.6) is 0 Å². The summed E-state index contributed by atoms with van der Waals surface area (Å²) in [5.41, 5.74) is 3.30. The fourth-order valence-corrected chi connectivity index (χ4v) is 3.02. The third kappa shape index (κ3) is 7.21. The van der Waals surface area contributed by atoms with Gasteiger partial charge in [0.1, 0.15) is 0 Å². The molecule has 0 aromatic heterocycles. The van der Waals surface area contributed by atoms with E-state index in [4.69, 9.17) is 27.9 Å². The zero-order valence-electron chi connectivity index (χ0n) is 15.3. The number of rotatable bonds is 8. The second-order valence-corrected chi connectivity index (χ2v) is 6.95. The van der Waals surface area contributed by atoms with Gasteiger partial charge in [0.2, 0.25) is 11.8 Å². The minimum absolute atomic E-state index is 0.133. The Bertz CT molecular complexity index is 757. The summed E-state index contributed by atoms with van der Waals surface area (Å²) in [5, 5.41) is 6.80. The van der Waals surface area contributed by atoms with E-state index in [0.29, 0.717) is 36.1 Å². The van der Waals surface area contributed by atoms with E-state index in [9.17, 15) is 9.59 Å². The van der Waals surface area contributed by atoms with Crippen LogP contribution in [0.3, 0.4) is 0 Å². The first-order chi connectivity index (χ1) is 12.8. The van der Waals surface area contributed by atoms with Gasteiger partial charge in [-0.2, -0.15) is 0 Å². The highest BCUT2D eigenvalue weighted by Crippen LogP contribution is 2.23. The summed E-state index contributed by atoms with van der Waals surface area (Å²) in [7, 11) is 0. The van der Waals surface area contributed by atoms with E-state index in [1.54, 1.807) is 24.3 Å². The van der Waals surface area contributed by atoms with Crippen molar-refractivity contribution in [2.45, 2.75) is 26.7 Å². The Morgan fingerprint density at radius 3 is 1.59 bits per heavy atom. The Balaban J connectivity index is 1.90. The van der Waals surface area contributed by atoms with Crippen LogP contribution in [0.15, 0.2) is 36.4 Å². The first kappa shape index (κ1) is 21.2. The van der Waals surface area contributed by atoms with Crippen LogP contribution in [0.25, 0.3) is 0 Å². The van der Waals surface area contributed by atoms with Gasteiger partial charge in [-0.1, -0.05) is 23.2 Å². The van der Waals surface area contributed by atoms with Crippen LogP contribution < -0.4 is 10.6 Å². The molecule has 2 aromatic rings. The maximum Gasteiger partial charge on any atom is 0.221 e. The summed E-state index contributed by atoms with van der Waals surface area (Å²) in [6.45, 7) is 3.88. The molecular formula is C20H22Cl2N2O3. The molecular weight excluding hydrogens is 387 g/mol. The summed E-state index contributed by atoms with van der Waals surface area (Å²) in [6.07, 6.45) is 1.23. The average Bonchev–Trinajstić information content (AvgIpc) is 2.58. The summed E-state index contributed by atoms with van der Waals surface area (Å²) in [5.74, 6) is -0.267. The molecule has 0 spiro atoms. The van der Waals surface area contributed by atoms with Gasteiger partial charge >= 0.3 is 0 Å². The van der Waals surface area contributed by atoms with Gasteiger partial charge in [-0.25, -0.2) is 0 Å². The SMILES string of the molecule is CC(=O)Nc1ccc(Cl)cc1CCOCCc1cc(Cl)ccc1NC(C)=O. The Hall–Kier alpha value is -2.08. The van der Waals surface area contributed by atoms with Crippen molar-refractivity contribution in [3.8, 4) is 0 Å². The molecule has 0 atom stereocenters. The van der Waals surface area contributed by atoms with Crippen molar-refractivity contribution in [1.29, 1.82) is 0 Å². The number of hydrogen-bond acceptors (Lipinski definition) is 3. The third-order valence-corrected chi connectivity index (χ3v) is 4.26. The molecule has 0 bridgehead atoms. The number of benzene rings is 2. The molecule has 144 valence electrons. The highest BCUT2D eigenvalue weighted by molar-refractivity contribution is 6.31. The van der Waals surface area contributed by atoms with Gasteiger partial charge in [0.25, 0.3) is 0 Å². The highest BCUT2D eigenvalue weighted by atomic mass is 35.5. The number of halogens is 2. The molecule has 0 unspecified atom stereocenters. The quantitative estimate of drug-likeness (QED) is 0.621. The Morgan fingerprint density at radius 2 is 1.22 bits per heavy atom. The lowest BCUT2D eigenvalue weighted by atomic mass is 10.1. The van der Waals surface area contributed by atoms with Crippen molar-refractivity contribution in [3.63, 3.8) is 0 Å². The molecule has 2 amide bonds. The van der Waals surface area contributed by atoms with Gasteiger partial charge in [-0.3, -0.25) is 9.59 Å². The van der Waals surface area contributed by atoms with Gasteiger partial charge in [0.05, 0.1) is 13.2 Å². The lowest BCUT2D eigenvalue weighted by molar-refractivity contribution is -0.115. The van der Waals surface area contributed by atoms with Crippen molar-refractivity contribution in [3.05, 3.63) is 57.6 Å². The van der Waals surface area contributed by atoms with Gasteiger partial charge in [-0.05, 0) is 60.4 Å². The normalized spacial score (nSPS) is 10.5. The molecule has 0 aliphatic rings. The van der Waals surface area contributed by atoms with Crippen molar-refractivity contribution in [2.75, 3.05) is 23.8 Å². The average molecular weight is 409 g/mol. The molecule has 0 saturated heterocycles. The summed E-state index contributed by atoms with van der Waals surface area (Å²) >= 11 is 12.1. The van der Waals surface area contributed by atoms with E-state index in [2.05, 4.69) is 10.6 Å². The summed E-state index contributed by atoms with van der Waals surface area (Å²) < 4.78 is 5.73.